The van der Waals surface area contributed by atoms with Crippen molar-refractivity contribution < 1.29 is 10.2 Å². The summed E-state index contributed by atoms with van der Waals surface area (Å²) >= 11 is 0. The van der Waals surface area contributed by atoms with Crippen molar-refractivity contribution >= 4 is 0 Å². The fourth-order valence-electron chi connectivity index (χ4n) is 0.606. The van der Waals surface area contributed by atoms with E-state index in [1.807, 2.05) is 0 Å². The zero-order chi connectivity index (χ0) is 7.98. The predicted molar refractivity (Wildman–Crippen MR) is 37.6 cm³/mol. The van der Waals surface area contributed by atoms with Gasteiger partial charge in [-0.3, -0.25) is 0 Å². The van der Waals surface area contributed by atoms with Gasteiger partial charge in [0.15, 0.2) is 0 Å². The molecule has 0 saturated carbocycles. The molecule has 0 spiro atoms. The van der Waals surface area contributed by atoms with Crippen molar-refractivity contribution in [2.75, 3.05) is 6.54 Å². The maximum Gasteiger partial charge on any atom is 0.0812 e. The molecule has 4 nitrogen and oxygen atoms in total. The molecule has 0 aromatic heterocycles. The molecule has 0 bridgehead atoms. The fraction of sp³-hybridized carbons (Fsp3) is 1.00. The zero-order valence-electron chi connectivity index (χ0n) is 6.03. The summed E-state index contributed by atoms with van der Waals surface area (Å²) in [5, 5.41) is 20.3. The van der Waals surface area contributed by atoms with Crippen LogP contribution in [0.5, 0.6) is 0 Å². The third-order valence-corrected chi connectivity index (χ3v) is 1.31. The number of aliphatic hydroxyl groups excluding tert-OH is 2. The van der Waals surface area contributed by atoms with E-state index in [0.717, 1.165) is 0 Å². The number of aliphatic hydroxyl groups is 2. The van der Waals surface area contributed by atoms with Gasteiger partial charge in [0.2, 0.25) is 0 Å². The van der Waals surface area contributed by atoms with E-state index in [1.165, 1.54) is 6.92 Å². The fourth-order valence-corrected chi connectivity index (χ4v) is 0.606. The molecule has 0 aliphatic heterocycles. The molecule has 0 radical (unpaired) electrons. The van der Waals surface area contributed by atoms with Crippen LogP contribution in [0.3, 0.4) is 0 Å². The summed E-state index contributed by atoms with van der Waals surface area (Å²) < 4.78 is 0. The third kappa shape index (κ3) is 4.40. The first-order chi connectivity index (χ1) is 4.68. The molecular formula is C6H13NO3. The Bertz CT molecular complexity index is 95.0. The van der Waals surface area contributed by atoms with Crippen molar-refractivity contribution in [2.24, 2.45) is 5.18 Å². The Labute approximate surface area is 59.8 Å². The van der Waals surface area contributed by atoms with Crippen LogP contribution in [0.15, 0.2) is 5.18 Å². The van der Waals surface area contributed by atoms with Gasteiger partial charge in [-0.25, -0.2) is 0 Å². The van der Waals surface area contributed by atoms with Crippen LogP contribution in [-0.2, 0) is 0 Å². The lowest BCUT2D eigenvalue weighted by molar-refractivity contribution is 0.0255. The second-order valence-corrected chi connectivity index (χ2v) is 2.30. The van der Waals surface area contributed by atoms with Crippen LogP contribution in [0.1, 0.15) is 19.8 Å². The lowest BCUT2D eigenvalue weighted by Gasteiger charge is -2.11. The highest BCUT2D eigenvalue weighted by molar-refractivity contribution is 4.61. The molecule has 0 fully saturated rings. The van der Waals surface area contributed by atoms with Gasteiger partial charge in [-0.15, -0.1) is 0 Å². The quantitative estimate of drug-likeness (QED) is 0.433. The van der Waals surface area contributed by atoms with Crippen molar-refractivity contribution in [2.45, 2.75) is 32.0 Å². The standard InChI is InChI=1S/C6H13NO3/c1-5(8)6(9)3-2-4-7-10/h5-6,8-9H,2-4H2,1H3/t5-,6+/m1/s1. The SMILES string of the molecule is C[C@@H](O)[C@@H](O)CCCN=O. The van der Waals surface area contributed by atoms with Gasteiger partial charge in [-0.1, -0.05) is 5.18 Å². The summed E-state index contributed by atoms with van der Waals surface area (Å²) in [6, 6.07) is 0. The monoisotopic (exact) mass is 147 g/mol. The van der Waals surface area contributed by atoms with Gasteiger partial charge in [0.05, 0.1) is 18.8 Å². The van der Waals surface area contributed by atoms with E-state index in [0.29, 0.717) is 12.8 Å². The summed E-state index contributed by atoms with van der Waals surface area (Å²) in [4.78, 5) is 9.56. The Morgan fingerprint density at radius 1 is 1.50 bits per heavy atom. The van der Waals surface area contributed by atoms with Gasteiger partial charge in [0.1, 0.15) is 0 Å². The van der Waals surface area contributed by atoms with E-state index in [9.17, 15) is 4.91 Å². The van der Waals surface area contributed by atoms with Crippen LogP contribution in [-0.4, -0.2) is 29.0 Å². The van der Waals surface area contributed by atoms with Gasteiger partial charge in [-0.05, 0) is 19.8 Å². The minimum atomic E-state index is -0.721. The molecular weight excluding hydrogens is 134 g/mol. The normalized spacial score (nSPS) is 16.3. The van der Waals surface area contributed by atoms with Crippen molar-refractivity contribution in [3.05, 3.63) is 4.91 Å². The minimum absolute atomic E-state index is 0.212. The molecule has 2 N–H and O–H groups in total. The zero-order valence-corrected chi connectivity index (χ0v) is 6.03. The molecule has 10 heavy (non-hydrogen) atoms. The van der Waals surface area contributed by atoms with Gasteiger partial charge >= 0.3 is 0 Å². The molecule has 0 unspecified atom stereocenters. The molecule has 0 rings (SSSR count). The summed E-state index contributed by atoms with van der Waals surface area (Å²) in [6.07, 6.45) is -0.465. The van der Waals surface area contributed by atoms with E-state index in [-0.39, 0.29) is 6.54 Å². The molecule has 60 valence electrons. The van der Waals surface area contributed by atoms with Crippen LogP contribution in [0.4, 0.5) is 0 Å². The molecule has 0 aliphatic carbocycles. The van der Waals surface area contributed by atoms with E-state index in [2.05, 4.69) is 5.18 Å². The largest absolute Gasteiger partial charge is 0.391 e. The predicted octanol–water partition coefficient (Wildman–Crippen LogP) is 0.275. The lowest BCUT2D eigenvalue weighted by Crippen LogP contribution is -2.22. The second kappa shape index (κ2) is 5.32. The summed E-state index contributed by atoms with van der Waals surface area (Å²) in [6.45, 7) is 1.72. The van der Waals surface area contributed by atoms with E-state index in [1.54, 1.807) is 0 Å². The molecule has 4 heteroatoms. The number of nitroso groups, excluding NO2 is 1. The van der Waals surface area contributed by atoms with E-state index in [4.69, 9.17) is 10.2 Å². The molecule has 0 heterocycles. The average molecular weight is 147 g/mol. The second-order valence-electron chi connectivity index (χ2n) is 2.30. The van der Waals surface area contributed by atoms with E-state index >= 15 is 0 Å². The van der Waals surface area contributed by atoms with Gasteiger partial charge < -0.3 is 10.2 Å². The minimum Gasteiger partial charge on any atom is -0.391 e. The van der Waals surface area contributed by atoms with Gasteiger partial charge in [0.25, 0.3) is 0 Å². The number of hydrogen-bond donors (Lipinski definition) is 2. The Morgan fingerprint density at radius 3 is 2.50 bits per heavy atom. The van der Waals surface area contributed by atoms with Crippen LogP contribution in [0, 0.1) is 4.91 Å². The lowest BCUT2D eigenvalue weighted by atomic mass is 10.1. The Kier molecular flexibility index (Phi) is 5.06. The smallest absolute Gasteiger partial charge is 0.0812 e. The van der Waals surface area contributed by atoms with E-state index < -0.39 is 12.2 Å². The van der Waals surface area contributed by atoms with Crippen molar-refractivity contribution in [1.29, 1.82) is 0 Å². The Morgan fingerprint density at radius 2 is 2.10 bits per heavy atom. The summed E-state index contributed by atoms with van der Waals surface area (Å²) in [7, 11) is 0. The number of nitrogens with zero attached hydrogens (tertiary/aromatic N) is 1. The molecule has 0 aromatic carbocycles. The molecule has 0 amide bonds. The first kappa shape index (κ1) is 9.52. The van der Waals surface area contributed by atoms with Gasteiger partial charge in [-0.2, -0.15) is 4.91 Å². The first-order valence-electron chi connectivity index (χ1n) is 3.33. The summed E-state index contributed by atoms with van der Waals surface area (Å²) in [5.41, 5.74) is 0. The van der Waals surface area contributed by atoms with Crippen LogP contribution >= 0.6 is 0 Å². The van der Waals surface area contributed by atoms with Crippen molar-refractivity contribution in [3.8, 4) is 0 Å². The van der Waals surface area contributed by atoms with Crippen LogP contribution in [0.2, 0.25) is 0 Å². The third-order valence-electron chi connectivity index (χ3n) is 1.31. The topological polar surface area (TPSA) is 69.9 Å². The molecule has 0 aromatic rings. The Balaban J connectivity index is 3.21. The highest BCUT2D eigenvalue weighted by Crippen LogP contribution is 2.01. The summed E-state index contributed by atoms with van der Waals surface area (Å²) in [5.74, 6) is 0. The maximum absolute atomic E-state index is 9.56. The molecule has 0 aliphatic rings. The Hall–Kier alpha value is -0.480. The van der Waals surface area contributed by atoms with Crippen LogP contribution in [0.25, 0.3) is 0 Å². The number of hydrogen-bond acceptors (Lipinski definition) is 4. The highest BCUT2D eigenvalue weighted by Gasteiger charge is 2.09. The first-order valence-corrected chi connectivity index (χ1v) is 3.33. The molecule has 2 atom stereocenters. The van der Waals surface area contributed by atoms with Gasteiger partial charge in [0, 0.05) is 0 Å². The maximum atomic E-state index is 9.56. The highest BCUT2D eigenvalue weighted by atomic mass is 16.3. The number of rotatable bonds is 5. The van der Waals surface area contributed by atoms with Crippen molar-refractivity contribution in [1.82, 2.24) is 0 Å². The van der Waals surface area contributed by atoms with Crippen molar-refractivity contribution in [3.63, 3.8) is 0 Å². The average Bonchev–Trinajstić information content (AvgIpc) is 1.88. The van der Waals surface area contributed by atoms with Crippen LogP contribution < -0.4 is 0 Å². The molecule has 0 saturated heterocycles.